The van der Waals surface area contributed by atoms with Gasteiger partial charge in [0.15, 0.2) is 0 Å². The Bertz CT molecular complexity index is 731. The Labute approximate surface area is 148 Å². The minimum Gasteiger partial charge on any atom is -0.379 e. The van der Waals surface area contributed by atoms with Crippen LogP contribution in [0.25, 0.3) is 10.9 Å². The van der Waals surface area contributed by atoms with Crippen molar-refractivity contribution in [2.75, 3.05) is 68.1 Å². The largest absolute Gasteiger partial charge is 0.379 e. The number of hydrogen-bond acceptors (Lipinski definition) is 7. The highest BCUT2D eigenvalue weighted by Crippen LogP contribution is 2.36. The number of hydrogen-bond donors (Lipinski definition) is 2. The molecule has 0 saturated carbocycles. The van der Waals surface area contributed by atoms with E-state index in [1.54, 1.807) is 6.33 Å². The molecule has 25 heavy (non-hydrogen) atoms. The molecule has 0 amide bonds. The first-order valence-electron chi connectivity index (χ1n) is 9.16. The summed E-state index contributed by atoms with van der Waals surface area (Å²) in [7, 11) is 0. The molecule has 0 radical (unpaired) electrons. The van der Waals surface area contributed by atoms with Gasteiger partial charge in [0.25, 0.3) is 0 Å². The fraction of sp³-hybridized carbons (Fsp3) is 0.556. The van der Waals surface area contributed by atoms with Crippen LogP contribution >= 0.6 is 0 Å². The zero-order valence-electron chi connectivity index (χ0n) is 14.8. The minimum absolute atomic E-state index is 0.858. The number of benzene rings is 1. The van der Waals surface area contributed by atoms with Gasteiger partial charge in [0.2, 0.25) is 0 Å². The molecule has 4 rings (SSSR count). The smallest absolute Gasteiger partial charge is 0.137 e. The van der Waals surface area contributed by atoms with E-state index in [0.29, 0.717) is 0 Å². The Morgan fingerprint density at radius 2 is 2.12 bits per heavy atom. The third kappa shape index (κ3) is 3.48. The maximum atomic E-state index is 5.39. The molecule has 0 aliphatic carbocycles. The lowest BCUT2D eigenvalue weighted by Gasteiger charge is -2.26. The number of nitrogens with one attached hydrogen (secondary N) is 2. The lowest BCUT2D eigenvalue weighted by atomic mass is 10.1. The molecule has 0 spiro atoms. The Balaban J connectivity index is 1.43. The van der Waals surface area contributed by atoms with Crippen molar-refractivity contribution in [2.45, 2.75) is 13.3 Å². The fourth-order valence-corrected chi connectivity index (χ4v) is 3.52. The molecule has 7 nitrogen and oxygen atoms in total. The Hall–Kier alpha value is -2.12. The summed E-state index contributed by atoms with van der Waals surface area (Å²) < 4.78 is 5.39. The summed E-state index contributed by atoms with van der Waals surface area (Å²) in [6, 6.07) is 4.33. The molecule has 1 aromatic carbocycles. The first-order valence-corrected chi connectivity index (χ1v) is 9.16. The van der Waals surface area contributed by atoms with E-state index >= 15 is 0 Å². The molecule has 1 aromatic heterocycles. The van der Waals surface area contributed by atoms with Gasteiger partial charge in [0, 0.05) is 31.6 Å². The number of rotatable bonds is 6. The molecule has 3 heterocycles. The molecule has 2 aromatic rings. The molecule has 1 saturated heterocycles. The third-order valence-electron chi connectivity index (χ3n) is 4.98. The predicted octanol–water partition coefficient (Wildman–Crippen LogP) is 1.97. The van der Waals surface area contributed by atoms with E-state index < -0.39 is 0 Å². The predicted molar refractivity (Wildman–Crippen MR) is 101 cm³/mol. The first kappa shape index (κ1) is 16.4. The van der Waals surface area contributed by atoms with Gasteiger partial charge >= 0.3 is 0 Å². The third-order valence-corrected chi connectivity index (χ3v) is 4.98. The Morgan fingerprint density at radius 3 is 2.96 bits per heavy atom. The number of nitrogens with zero attached hydrogens (tertiary/aromatic N) is 4. The highest BCUT2D eigenvalue weighted by atomic mass is 16.5. The zero-order valence-corrected chi connectivity index (χ0v) is 14.8. The van der Waals surface area contributed by atoms with Crippen LogP contribution < -0.4 is 15.5 Å². The van der Waals surface area contributed by atoms with E-state index in [1.165, 1.54) is 11.4 Å². The van der Waals surface area contributed by atoms with E-state index in [9.17, 15) is 0 Å². The summed E-state index contributed by atoms with van der Waals surface area (Å²) in [6.07, 6.45) is 2.75. The van der Waals surface area contributed by atoms with Crippen molar-refractivity contribution in [1.82, 2.24) is 14.9 Å². The summed E-state index contributed by atoms with van der Waals surface area (Å²) in [5.41, 5.74) is 3.39. The molecule has 2 N–H and O–H groups in total. The average Bonchev–Trinajstić information content (AvgIpc) is 3.06. The van der Waals surface area contributed by atoms with Crippen LogP contribution in [0, 0.1) is 0 Å². The molecule has 7 heteroatoms. The van der Waals surface area contributed by atoms with E-state index in [4.69, 9.17) is 4.74 Å². The van der Waals surface area contributed by atoms with Gasteiger partial charge in [-0.05, 0) is 32.0 Å². The number of fused-ring (bicyclic) bond motifs is 2. The first-order chi connectivity index (χ1) is 12.3. The second kappa shape index (κ2) is 7.41. The van der Waals surface area contributed by atoms with Crippen LogP contribution in [-0.4, -0.2) is 67.5 Å². The molecule has 134 valence electrons. The van der Waals surface area contributed by atoms with Gasteiger partial charge in [-0.3, -0.25) is 4.90 Å². The van der Waals surface area contributed by atoms with E-state index in [0.717, 1.165) is 75.7 Å². The second-order valence-electron chi connectivity index (χ2n) is 6.53. The highest BCUT2D eigenvalue weighted by Gasteiger charge is 2.19. The maximum absolute atomic E-state index is 5.39. The Morgan fingerprint density at radius 1 is 1.24 bits per heavy atom. The maximum Gasteiger partial charge on any atom is 0.137 e. The van der Waals surface area contributed by atoms with Crippen molar-refractivity contribution in [1.29, 1.82) is 0 Å². The van der Waals surface area contributed by atoms with E-state index in [-0.39, 0.29) is 0 Å². The summed E-state index contributed by atoms with van der Waals surface area (Å²) >= 11 is 0. The Kier molecular flexibility index (Phi) is 4.85. The van der Waals surface area contributed by atoms with Gasteiger partial charge < -0.3 is 20.3 Å². The summed E-state index contributed by atoms with van der Waals surface area (Å²) in [4.78, 5) is 13.7. The quantitative estimate of drug-likeness (QED) is 0.778. The second-order valence-corrected chi connectivity index (χ2v) is 6.53. The van der Waals surface area contributed by atoms with Crippen molar-refractivity contribution in [3.8, 4) is 0 Å². The van der Waals surface area contributed by atoms with Gasteiger partial charge in [-0.25, -0.2) is 9.97 Å². The van der Waals surface area contributed by atoms with Gasteiger partial charge in [0.05, 0.1) is 36.8 Å². The molecule has 2 aliphatic rings. The number of ether oxygens (including phenoxy) is 1. The SMILES string of the molecule is CCN1CNc2cc3c(NCCCN4CCOCC4)ncnc3cc21. The van der Waals surface area contributed by atoms with Crippen LogP contribution in [0.3, 0.4) is 0 Å². The summed E-state index contributed by atoms with van der Waals surface area (Å²) in [5.74, 6) is 0.923. The zero-order chi connectivity index (χ0) is 17.1. The molecule has 0 bridgehead atoms. The molecular weight excluding hydrogens is 316 g/mol. The topological polar surface area (TPSA) is 65.5 Å². The monoisotopic (exact) mass is 342 g/mol. The number of aromatic nitrogens is 2. The van der Waals surface area contributed by atoms with E-state index in [1.807, 2.05) is 0 Å². The van der Waals surface area contributed by atoms with Crippen LogP contribution in [0.1, 0.15) is 13.3 Å². The van der Waals surface area contributed by atoms with Crippen LogP contribution in [0.15, 0.2) is 18.5 Å². The average molecular weight is 342 g/mol. The van der Waals surface area contributed by atoms with Crippen molar-refractivity contribution in [2.24, 2.45) is 0 Å². The van der Waals surface area contributed by atoms with Crippen molar-refractivity contribution < 1.29 is 4.74 Å². The summed E-state index contributed by atoms with van der Waals surface area (Å²) in [6.45, 7) is 9.83. The lowest BCUT2D eigenvalue weighted by molar-refractivity contribution is 0.0378. The molecule has 1 fully saturated rings. The number of anilines is 3. The fourth-order valence-electron chi connectivity index (χ4n) is 3.52. The van der Waals surface area contributed by atoms with Gasteiger partial charge in [-0.1, -0.05) is 0 Å². The minimum atomic E-state index is 0.858. The normalized spacial score (nSPS) is 17.6. The van der Waals surface area contributed by atoms with Gasteiger partial charge in [-0.2, -0.15) is 0 Å². The van der Waals surface area contributed by atoms with Crippen LogP contribution in [-0.2, 0) is 4.74 Å². The standard InChI is InChI=1S/C18H26N6O/c1-2-24-13-22-16-10-14-15(11-17(16)24)20-12-21-18(14)19-4-3-5-23-6-8-25-9-7-23/h10-12,22H,2-9,13H2,1H3,(H,19,20,21). The molecule has 2 aliphatic heterocycles. The van der Waals surface area contributed by atoms with Gasteiger partial charge in [0.1, 0.15) is 12.1 Å². The van der Waals surface area contributed by atoms with Crippen LogP contribution in [0.2, 0.25) is 0 Å². The van der Waals surface area contributed by atoms with E-state index in [2.05, 4.69) is 49.5 Å². The molecular formula is C18H26N6O. The van der Waals surface area contributed by atoms with Crippen LogP contribution in [0.5, 0.6) is 0 Å². The van der Waals surface area contributed by atoms with Crippen molar-refractivity contribution >= 4 is 28.1 Å². The van der Waals surface area contributed by atoms with Crippen molar-refractivity contribution in [3.63, 3.8) is 0 Å². The van der Waals surface area contributed by atoms with Gasteiger partial charge in [-0.15, -0.1) is 0 Å². The molecule has 0 atom stereocenters. The van der Waals surface area contributed by atoms with Crippen molar-refractivity contribution in [3.05, 3.63) is 18.5 Å². The highest BCUT2D eigenvalue weighted by molar-refractivity contribution is 5.97. The number of morpholine rings is 1. The lowest BCUT2D eigenvalue weighted by Crippen LogP contribution is -2.37. The van der Waals surface area contributed by atoms with Crippen LogP contribution in [0.4, 0.5) is 17.2 Å². The summed E-state index contributed by atoms with van der Waals surface area (Å²) in [5, 5.41) is 8.03. The molecule has 0 unspecified atom stereocenters.